The van der Waals surface area contributed by atoms with Crippen LogP contribution in [-0.4, -0.2) is 32.8 Å². The SMILES string of the molecule is CCn1c(SCC(=O)Nc2ccc(OC(F)(F)F)cc2)nc2c(c1=O)S[C@H](C)C2. The molecule has 2 heterocycles. The van der Waals surface area contributed by atoms with Crippen LogP contribution in [0.25, 0.3) is 0 Å². The topological polar surface area (TPSA) is 73.2 Å². The van der Waals surface area contributed by atoms with Gasteiger partial charge in [-0.25, -0.2) is 4.98 Å². The first-order valence-electron chi connectivity index (χ1n) is 8.75. The van der Waals surface area contributed by atoms with Gasteiger partial charge in [-0.1, -0.05) is 18.7 Å². The van der Waals surface area contributed by atoms with Gasteiger partial charge in [-0.3, -0.25) is 14.2 Å². The second-order valence-electron chi connectivity index (χ2n) is 6.26. The van der Waals surface area contributed by atoms with Gasteiger partial charge in [-0.2, -0.15) is 0 Å². The molecule has 29 heavy (non-hydrogen) atoms. The number of nitrogens with one attached hydrogen (secondary N) is 1. The van der Waals surface area contributed by atoms with E-state index in [0.29, 0.717) is 34.0 Å². The van der Waals surface area contributed by atoms with Gasteiger partial charge in [0.05, 0.1) is 16.3 Å². The number of hydrogen-bond donors (Lipinski definition) is 1. The minimum atomic E-state index is -4.77. The van der Waals surface area contributed by atoms with Gasteiger partial charge in [-0.05, 0) is 31.2 Å². The molecule has 156 valence electrons. The molecule has 1 amide bonds. The van der Waals surface area contributed by atoms with Gasteiger partial charge in [0.1, 0.15) is 5.75 Å². The average Bonchev–Trinajstić information content (AvgIpc) is 3.01. The first-order valence-corrected chi connectivity index (χ1v) is 10.6. The fourth-order valence-corrected chi connectivity index (χ4v) is 4.78. The molecule has 1 aliphatic heterocycles. The van der Waals surface area contributed by atoms with Crippen LogP contribution in [0.15, 0.2) is 39.1 Å². The Morgan fingerprint density at radius 1 is 1.38 bits per heavy atom. The van der Waals surface area contributed by atoms with Crippen LogP contribution < -0.4 is 15.6 Å². The zero-order valence-corrected chi connectivity index (χ0v) is 17.2. The van der Waals surface area contributed by atoms with Crippen LogP contribution in [0.2, 0.25) is 0 Å². The van der Waals surface area contributed by atoms with Crippen LogP contribution in [0.3, 0.4) is 0 Å². The van der Waals surface area contributed by atoms with E-state index in [1.165, 1.54) is 23.9 Å². The minimum Gasteiger partial charge on any atom is -0.406 e. The summed E-state index contributed by atoms with van der Waals surface area (Å²) in [5, 5.41) is 3.37. The van der Waals surface area contributed by atoms with Crippen molar-refractivity contribution >= 4 is 35.1 Å². The summed E-state index contributed by atoms with van der Waals surface area (Å²) in [6.45, 7) is 4.32. The molecular formula is C18H18F3N3O3S2. The lowest BCUT2D eigenvalue weighted by Crippen LogP contribution is -2.25. The van der Waals surface area contributed by atoms with Crippen molar-refractivity contribution in [3.8, 4) is 5.75 Å². The van der Waals surface area contributed by atoms with Crippen molar-refractivity contribution in [2.24, 2.45) is 0 Å². The van der Waals surface area contributed by atoms with Gasteiger partial charge in [0, 0.05) is 23.9 Å². The number of carbonyl (C=O) groups excluding carboxylic acids is 1. The quantitative estimate of drug-likeness (QED) is 0.537. The maximum atomic E-state index is 12.6. The molecule has 6 nitrogen and oxygen atoms in total. The standard InChI is InChI=1S/C18H18F3N3O3S2/c1-3-24-16(26)15-13(8-10(2)29-15)23-17(24)28-9-14(25)22-11-4-6-12(7-5-11)27-18(19,20)21/h4-7,10H,3,8-9H2,1-2H3,(H,22,25)/t10-/m1/s1. The van der Waals surface area contributed by atoms with E-state index in [-0.39, 0.29) is 23.0 Å². The summed E-state index contributed by atoms with van der Waals surface area (Å²) in [4.78, 5) is 30.1. The second kappa shape index (κ2) is 8.70. The predicted molar refractivity (Wildman–Crippen MR) is 106 cm³/mol. The van der Waals surface area contributed by atoms with Crippen molar-refractivity contribution in [1.29, 1.82) is 0 Å². The summed E-state index contributed by atoms with van der Waals surface area (Å²) < 4.78 is 41.9. The summed E-state index contributed by atoms with van der Waals surface area (Å²) in [7, 11) is 0. The molecule has 1 aromatic carbocycles. The number of carbonyl (C=O) groups is 1. The van der Waals surface area contributed by atoms with Crippen LogP contribution in [-0.2, 0) is 17.8 Å². The van der Waals surface area contributed by atoms with E-state index >= 15 is 0 Å². The average molecular weight is 445 g/mol. The van der Waals surface area contributed by atoms with E-state index in [2.05, 4.69) is 15.0 Å². The van der Waals surface area contributed by atoms with Gasteiger partial charge in [0.15, 0.2) is 5.16 Å². The minimum absolute atomic E-state index is 0.00866. The molecule has 11 heteroatoms. The van der Waals surface area contributed by atoms with E-state index in [1.54, 1.807) is 4.57 Å². The van der Waals surface area contributed by atoms with E-state index in [0.717, 1.165) is 29.6 Å². The summed E-state index contributed by atoms with van der Waals surface area (Å²) in [6.07, 6.45) is -4.05. The third-order valence-corrected chi connectivity index (χ3v) is 6.17. The highest BCUT2D eigenvalue weighted by molar-refractivity contribution is 8.00. The van der Waals surface area contributed by atoms with Crippen LogP contribution >= 0.6 is 23.5 Å². The van der Waals surface area contributed by atoms with Crippen LogP contribution in [0.1, 0.15) is 19.5 Å². The third kappa shape index (κ3) is 5.47. The maximum Gasteiger partial charge on any atom is 0.573 e. The Morgan fingerprint density at radius 3 is 2.69 bits per heavy atom. The summed E-state index contributed by atoms with van der Waals surface area (Å²) >= 11 is 2.67. The molecular weight excluding hydrogens is 427 g/mol. The Morgan fingerprint density at radius 2 is 2.07 bits per heavy atom. The lowest BCUT2D eigenvalue weighted by molar-refractivity contribution is -0.274. The van der Waals surface area contributed by atoms with Crippen molar-refractivity contribution < 1.29 is 22.7 Å². The molecule has 1 aliphatic rings. The number of rotatable bonds is 6. The number of anilines is 1. The fraction of sp³-hybridized carbons (Fsp3) is 0.389. The number of aromatic nitrogens is 2. The molecule has 1 aromatic heterocycles. The zero-order valence-electron chi connectivity index (χ0n) is 15.6. The number of benzene rings is 1. The molecule has 1 atom stereocenters. The van der Waals surface area contributed by atoms with Crippen LogP contribution in [0.4, 0.5) is 18.9 Å². The van der Waals surface area contributed by atoms with E-state index in [9.17, 15) is 22.8 Å². The van der Waals surface area contributed by atoms with Gasteiger partial charge in [0.2, 0.25) is 5.91 Å². The number of nitrogens with zero attached hydrogens (tertiary/aromatic N) is 2. The zero-order chi connectivity index (χ0) is 21.2. The second-order valence-corrected chi connectivity index (χ2v) is 8.65. The van der Waals surface area contributed by atoms with Crippen molar-refractivity contribution in [3.05, 3.63) is 40.3 Å². The monoisotopic (exact) mass is 445 g/mol. The number of halogens is 3. The smallest absolute Gasteiger partial charge is 0.406 e. The number of fused-ring (bicyclic) bond motifs is 1. The molecule has 0 saturated carbocycles. The van der Waals surface area contributed by atoms with E-state index < -0.39 is 6.36 Å². The fourth-order valence-electron chi connectivity index (χ4n) is 2.79. The van der Waals surface area contributed by atoms with Crippen molar-refractivity contribution in [1.82, 2.24) is 9.55 Å². The first-order chi connectivity index (χ1) is 13.7. The van der Waals surface area contributed by atoms with Gasteiger partial charge in [0.25, 0.3) is 5.56 Å². The third-order valence-electron chi connectivity index (χ3n) is 3.98. The number of thioether (sulfide) groups is 2. The molecule has 2 aromatic rings. The lowest BCUT2D eigenvalue weighted by Gasteiger charge is -2.12. The Balaban J connectivity index is 1.63. The largest absolute Gasteiger partial charge is 0.573 e. The van der Waals surface area contributed by atoms with E-state index in [4.69, 9.17) is 0 Å². The molecule has 0 fully saturated rings. The molecule has 0 saturated heterocycles. The number of alkyl halides is 3. The van der Waals surface area contributed by atoms with E-state index in [1.807, 2.05) is 13.8 Å². The molecule has 0 bridgehead atoms. The highest BCUT2D eigenvalue weighted by Crippen LogP contribution is 2.34. The number of amides is 1. The van der Waals surface area contributed by atoms with Gasteiger partial charge < -0.3 is 10.1 Å². The predicted octanol–water partition coefficient (Wildman–Crippen LogP) is 3.93. The Labute approximate surface area is 173 Å². The molecule has 0 radical (unpaired) electrons. The van der Waals surface area contributed by atoms with Crippen LogP contribution in [0.5, 0.6) is 5.75 Å². The van der Waals surface area contributed by atoms with Crippen molar-refractivity contribution in [2.45, 2.75) is 48.5 Å². The highest BCUT2D eigenvalue weighted by atomic mass is 32.2. The molecule has 3 rings (SSSR count). The molecule has 1 N–H and O–H groups in total. The molecule has 0 unspecified atom stereocenters. The van der Waals surface area contributed by atoms with Gasteiger partial charge >= 0.3 is 6.36 Å². The highest BCUT2D eigenvalue weighted by Gasteiger charge is 2.31. The molecule has 0 spiro atoms. The lowest BCUT2D eigenvalue weighted by atomic mass is 10.2. The maximum absolute atomic E-state index is 12.6. The summed E-state index contributed by atoms with van der Waals surface area (Å²) in [5.41, 5.74) is 1.01. The first kappa shape index (κ1) is 21.6. The summed E-state index contributed by atoms with van der Waals surface area (Å²) in [5.74, 6) is -0.722. The van der Waals surface area contributed by atoms with Crippen LogP contribution in [0, 0.1) is 0 Å². The number of ether oxygens (including phenoxy) is 1. The number of hydrogen-bond acceptors (Lipinski definition) is 6. The van der Waals surface area contributed by atoms with Crippen molar-refractivity contribution in [2.75, 3.05) is 11.1 Å². The Bertz CT molecular complexity index is 962. The molecule has 0 aliphatic carbocycles. The Hall–Kier alpha value is -2.14. The van der Waals surface area contributed by atoms with Gasteiger partial charge in [-0.15, -0.1) is 24.9 Å². The summed E-state index contributed by atoms with van der Waals surface area (Å²) in [6, 6.07) is 4.87. The normalized spacial score (nSPS) is 15.8. The van der Waals surface area contributed by atoms with Crippen molar-refractivity contribution in [3.63, 3.8) is 0 Å². The Kier molecular flexibility index (Phi) is 6.47.